The Morgan fingerprint density at radius 2 is 1.97 bits per heavy atom. The first kappa shape index (κ1) is 26.6. The fourth-order valence-corrected chi connectivity index (χ4v) is 5.36. The average Bonchev–Trinajstić information content (AvgIpc) is 3.36. The van der Waals surface area contributed by atoms with Crippen molar-refractivity contribution in [2.75, 3.05) is 50.1 Å². The Labute approximate surface area is 232 Å². The molecule has 1 aliphatic rings. The van der Waals surface area contributed by atoms with E-state index in [-0.39, 0.29) is 12.1 Å². The van der Waals surface area contributed by atoms with Gasteiger partial charge in [0.2, 0.25) is 0 Å². The number of amides is 1. The van der Waals surface area contributed by atoms with Crippen LogP contribution in [0, 0.1) is 6.92 Å². The van der Waals surface area contributed by atoms with Crippen molar-refractivity contribution in [1.82, 2.24) is 19.9 Å². The van der Waals surface area contributed by atoms with E-state index in [1.807, 2.05) is 19.1 Å². The number of benzene rings is 2. The zero-order chi connectivity index (χ0) is 27.7. The summed E-state index contributed by atoms with van der Waals surface area (Å²) in [5.74, 6) is 1.08. The Balaban J connectivity index is 1.40. The topological polar surface area (TPSA) is 147 Å². The van der Waals surface area contributed by atoms with E-state index in [9.17, 15) is 19.8 Å². The number of aromatic amines is 2. The molecule has 1 amide bonds. The molecule has 204 valence electrons. The van der Waals surface area contributed by atoms with Crippen molar-refractivity contribution in [3.63, 3.8) is 0 Å². The van der Waals surface area contributed by atoms with Crippen LogP contribution in [0.2, 0.25) is 0 Å². The lowest BCUT2D eigenvalue weighted by Crippen LogP contribution is -2.48. The Morgan fingerprint density at radius 3 is 2.67 bits per heavy atom. The van der Waals surface area contributed by atoms with Gasteiger partial charge in [-0.05, 0) is 64.3 Å². The van der Waals surface area contributed by atoms with Crippen molar-refractivity contribution >= 4 is 44.4 Å². The molecular weight excluding hydrogens is 568 g/mol. The maximum absolute atomic E-state index is 12.9. The van der Waals surface area contributed by atoms with Crippen molar-refractivity contribution in [2.45, 2.75) is 13.0 Å². The summed E-state index contributed by atoms with van der Waals surface area (Å²) in [6.07, 6.45) is -0.185. The molecule has 1 saturated heterocycles. The molecule has 5 rings (SSSR count). The van der Waals surface area contributed by atoms with Gasteiger partial charge in [-0.2, -0.15) is 0 Å². The minimum atomic E-state index is -0.902. The summed E-state index contributed by atoms with van der Waals surface area (Å²) in [5, 5.41) is 23.2. The number of carboxylic acid groups (broad SMARTS) is 1. The maximum atomic E-state index is 12.9. The highest BCUT2D eigenvalue weighted by atomic mass is 79.9. The van der Waals surface area contributed by atoms with E-state index in [0.29, 0.717) is 54.6 Å². The molecular formula is C27H29BrN6O5. The summed E-state index contributed by atoms with van der Waals surface area (Å²) in [6.45, 7) is 4.20. The monoisotopic (exact) mass is 596 g/mol. The molecule has 0 unspecified atom stereocenters. The first-order valence-electron chi connectivity index (χ1n) is 12.5. The number of aryl methyl sites for hydroxylation is 1. The Hall–Kier alpha value is -4.03. The minimum Gasteiger partial charge on any atom is -0.496 e. The fourth-order valence-electron chi connectivity index (χ4n) is 4.80. The number of hydrogen-bond acceptors (Lipinski definition) is 7. The van der Waals surface area contributed by atoms with Crippen LogP contribution in [0.5, 0.6) is 5.75 Å². The highest BCUT2D eigenvalue weighted by molar-refractivity contribution is 9.10. The summed E-state index contributed by atoms with van der Waals surface area (Å²) in [5.41, 5.74) is 4.68. The number of nitrogens with zero attached hydrogens (tertiary/aromatic N) is 3. The van der Waals surface area contributed by atoms with Gasteiger partial charge in [-0.25, -0.2) is 9.78 Å². The molecule has 0 spiro atoms. The van der Waals surface area contributed by atoms with Gasteiger partial charge in [-0.1, -0.05) is 6.07 Å². The van der Waals surface area contributed by atoms with Crippen molar-refractivity contribution < 1.29 is 19.7 Å². The van der Waals surface area contributed by atoms with Gasteiger partial charge in [-0.3, -0.25) is 4.79 Å². The molecule has 0 bridgehead atoms. The van der Waals surface area contributed by atoms with Crippen LogP contribution in [0.1, 0.15) is 17.2 Å². The van der Waals surface area contributed by atoms with Gasteiger partial charge in [0, 0.05) is 44.6 Å². The molecule has 39 heavy (non-hydrogen) atoms. The van der Waals surface area contributed by atoms with Gasteiger partial charge >= 0.3 is 6.09 Å². The second-order valence-electron chi connectivity index (χ2n) is 9.39. The number of aliphatic hydroxyl groups is 1. The first-order valence-corrected chi connectivity index (χ1v) is 13.2. The molecule has 2 aromatic carbocycles. The molecule has 3 heterocycles. The summed E-state index contributed by atoms with van der Waals surface area (Å²) in [6, 6.07) is 11.1. The number of methoxy groups -OCH3 is 1. The molecule has 1 fully saturated rings. The van der Waals surface area contributed by atoms with Crippen LogP contribution in [-0.2, 0) is 0 Å². The van der Waals surface area contributed by atoms with Crippen LogP contribution in [0.4, 0.5) is 16.2 Å². The molecule has 1 atom stereocenters. The normalized spacial score (nSPS) is 14.5. The van der Waals surface area contributed by atoms with Gasteiger partial charge in [0.1, 0.15) is 17.1 Å². The number of aromatic nitrogens is 3. The van der Waals surface area contributed by atoms with Crippen LogP contribution in [0.15, 0.2) is 51.9 Å². The molecule has 1 aliphatic heterocycles. The number of piperazine rings is 1. The van der Waals surface area contributed by atoms with Gasteiger partial charge < -0.3 is 40.0 Å². The lowest BCUT2D eigenvalue weighted by Gasteiger charge is -2.34. The van der Waals surface area contributed by atoms with Crippen LogP contribution < -0.4 is 20.5 Å². The zero-order valence-corrected chi connectivity index (χ0v) is 23.1. The van der Waals surface area contributed by atoms with Crippen LogP contribution in [0.25, 0.3) is 22.4 Å². The summed E-state index contributed by atoms with van der Waals surface area (Å²) in [4.78, 5) is 38.5. The SMILES string of the molecule is COc1ccc([C@H](O)CNc2cc[nH]c(=O)c2-c2nc3c(C)cc(N4CCN(C(=O)O)CC4)cc3[nH]2)cc1Br. The third-order valence-corrected chi connectivity index (χ3v) is 7.54. The van der Waals surface area contributed by atoms with Gasteiger partial charge in [-0.15, -0.1) is 0 Å². The highest BCUT2D eigenvalue weighted by Gasteiger charge is 2.22. The quantitative estimate of drug-likeness (QED) is 0.215. The predicted molar refractivity (Wildman–Crippen MR) is 153 cm³/mol. The molecule has 12 heteroatoms. The number of fused-ring (bicyclic) bond motifs is 1. The zero-order valence-electron chi connectivity index (χ0n) is 21.5. The maximum Gasteiger partial charge on any atom is 0.407 e. The number of carbonyl (C=O) groups is 1. The summed E-state index contributed by atoms with van der Waals surface area (Å²) in [7, 11) is 1.58. The van der Waals surface area contributed by atoms with Gasteiger partial charge in [0.25, 0.3) is 5.56 Å². The third-order valence-electron chi connectivity index (χ3n) is 6.92. The third kappa shape index (κ3) is 5.43. The van der Waals surface area contributed by atoms with Crippen LogP contribution in [-0.4, -0.2) is 76.0 Å². The minimum absolute atomic E-state index is 0.168. The van der Waals surface area contributed by atoms with E-state index < -0.39 is 12.2 Å². The molecule has 2 aromatic heterocycles. The lowest BCUT2D eigenvalue weighted by atomic mass is 10.1. The van der Waals surface area contributed by atoms with Gasteiger partial charge in [0.05, 0.1) is 34.4 Å². The smallest absolute Gasteiger partial charge is 0.407 e. The Bertz CT molecular complexity index is 1580. The summed E-state index contributed by atoms with van der Waals surface area (Å²) < 4.78 is 5.99. The summed E-state index contributed by atoms with van der Waals surface area (Å²) >= 11 is 3.44. The molecule has 0 aliphatic carbocycles. The lowest BCUT2D eigenvalue weighted by molar-refractivity contribution is 0.142. The second-order valence-corrected chi connectivity index (χ2v) is 10.2. The second kappa shape index (κ2) is 11.0. The Kier molecular flexibility index (Phi) is 7.49. The first-order chi connectivity index (χ1) is 18.7. The standard InChI is InChI=1S/C27H29BrN6O5/c1-15-11-17(33-7-9-34(10-8-33)27(37)38)13-20-24(15)32-25(31-20)23-19(5-6-29-26(23)36)30-14-21(35)16-3-4-22(39-2)18(28)12-16/h3-6,11-13,21,35H,7-10,14H2,1-2H3,(H,31,32)(H,37,38)(H2,29,30,36)/t21-/m1/s1. The highest BCUT2D eigenvalue weighted by Crippen LogP contribution is 2.31. The van der Waals surface area contributed by atoms with E-state index in [1.165, 1.54) is 4.90 Å². The van der Waals surface area contributed by atoms with Crippen molar-refractivity contribution in [3.05, 3.63) is 68.5 Å². The number of hydrogen-bond donors (Lipinski definition) is 5. The number of nitrogens with one attached hydrogen (secondary N) is 3. The largest absolute Gasteiger partial charge is 0.496 e. The number of pyridine rings is 1. The number of aliphatic hydroxyl groups excluding tert-OH is 1. The van der Waals surface area contributed by atoms with E-state index in [1.54, 1.807) is 37.6 Å². The number of anilines is 2. The van der Waals surface area contributed by atoms with E-state index in [2.05, 4.69) is 36.1 Å². The predicted octanol–water partition coefficient (Wildman–Crippen LogP) is 3.94. The Morgan fingerprint density at radius 1 is 1.21 bits per heavy atom. The molecule has 4 aromatic rings. The molecule has 0 saturated carbocycles. The van der Waals surface area contributed by atoms with E-state index in [4.69, 9.17) is 9.72 Å². The number of rotatable bonds is 7. The van der Waals surface area contributed by atoms with Crippen molar-refractivity contribution in [1.29, 1.82) is 0 Å². The van der Waals surface area contributed by atoms with Crippen molar-refractivity contribution in [2.24, 2.45) is 0 Å². The van der Waals surface area contributed by atoms with Crippen LogP contribution >= 0.6 is 15.9 Å². The fraction of sp³-hybridized carbons (Fsp3) is 0.296. The number of halogens is 1. The van der Waals surface area contributed by atoms with Crippen molar-refractivity contribution in [3.8, 4) is 17.1 Å². The number of H-pyrrole nitrogens is 2. The van der Waals surface area contributed by atoms with Gasteiger partial charge in [0.15, 0.2) is 0 Å². The van der Waals surface area contributed by atoms with E-state index >= 15 is 0 Å². The average molecular weight is 597 g/mol. The number of imidazole rings is 1. The molecule has 11 nitrogen and oxygen atoms in total. The molecule has 5 N–H and O–H groups in total. The van der Waals surface area contributed by atoms with E-state index in [0.717, 1.165) is 26.8 Å². The molecule has 0 radical (unpaired) electrons. The van der Waals surface area contributed by atoms with Crippen LogP contribution in [0.3, 0.4) is 0 Å². The number of ether oxygens (including phenoxy) is 1.